The summed E-state index contributed by atoms with van der Waals surface area (Å²) in [5, 5.41) is 9.60. The summed E-state index contributed by atoms with van der Waals surface area (Å²) in [6, 6.07) is 1.02. The summed E-state index contributed by atoms with van der Waals surface area (Å²) in [6.45, 7) is 0.651. The van der Waals surface area contributed by atoms with Crippen molar-refractivity contribution in [3.8, 4) is 0 Å². The Morgan fingerprint density at radius 1 is 1.31 bits per heavy atom. The minimum absolute atomic E-state index is 0.107. The van der Waals surface area contributed by atoms with Crippen LogP contribution < -0.4 is 0 Å². The Morgan fingerprint density at radius 2 is 2.15 bits per heavy atom. The van der Waals surface area contributed by atoms with Gasteiger partial charge in [-0.3, -0.25) is 9.69 Å². The normalized spacial score (nSPS) is 53.9. The SMILES string of the molecule is O=C1CC2CC3CC(O)CC2N3C1. The van der Waals surface area contributed by atoms with E-state index in [1.165, 1.54) is 0 Å². The third-order valence-corrected chi connectivity index (χ3v) is 3.92. The molecule has 0 saturated carbocycles. The predicted molar refractivity (Wildman–Crippen MR) is 47.3 cm³/mol. The number of hydrogen-bond acceptors (Lipinski definition) is 3. The fraction of sp³-hybridized carbons (Fsp3) is 0.900. The van der Waals surface area contributed by atoms with Crippen molar-refractivity contribution in [3.63, 3.8) is 0 Å². The molecule has 1 N–H and O–H groups in total. The van der Waals surface area contributed by atoms with Crippen LogP contribution in [-0.4, -0.2) is 40.5 Å². The highest BCUT2D eigenvalue weighted by molar-refractivity contribution is 5.82. The minimum Gasteiger partial charge on any atom is -0.393 e. The number of rotatable bonds is 0. The first kappa shape index (κ1) is 7.94. The number of hydrogen-bond donors (Lipinski definition) is 1. The zero-order chi connectivity index (χ0) is 9.00. The van der Waals surface area contributed by atoms with Crippen molar-refractivity contribution >= 4 is 5.78 Å². The summed E-state index contributed by atoms with van der Waals surface area (Å²) in [7, 11) is 0. The van der Waals surface area contributed by atoms with Crippen molar-refractivity contribution in [1.82, 2.24) is 4.90 Å². The van der Waals surface area contributed by atoms with Gasteiger partial charge in [0.05, 0.1) is 12.6 Å². The molecule has 4 bridgehead atoms. The molecule has 3 rings (SSSR count). The number of aliphatic hydroxyl groups excluding tert-OH is 1. The first-order valence-electron chi connectivity index (χ1n) is 5.19. The molecule has 5 unspecified atom stereocenters. The second kappa shape index (κ2) is 2.55. The van der Waals surface area contributed by atoms with E-state index in [4.69, 9.17) is 0 Å². The molecule has 0 aromatic carbocycles. The quantitative estimate of drug-likeness (QED) is 0.579. The molecule has 3 nitrogen and oxygen atoms in total. The van der Waals surface area contributed by atoms with Gasteiger partial charge in [-0.05, 0) is 25.2 Å². The van der Waals surface area contributed by atoms with Gasteiger partial charge in [-0.2, -0.15) is 0 Å². The molecule has 3 fully saturated rings. The molecule has 0 aromatic rings. The van der Waals surface area contributed by atoms with E-state index in [0.717, 1.165) is 25.7 Å². The van der Waals surface area contributed by atoms with Gasteiger partial charge in [-0.25, -0.2) is 0 Å². The highest BCUT2D eigenvalue weighted by atomic mass is 16.3. The number of piperidine rings is 2. The van der Waals surface area contributed by atoms with Gasteiger partial charge >= 0.3 is 0 Å². The van der Waals surface area contributed by atoms with Gasteiger partial charge in [0, 0.05) is 18.5 Å². The molecule has 0 radical (unpaired) electrons. The van der Waals surface area contributed by atoms with Gasteiger partial charge in [-0.1, -0.05) is 0 Å². The molecule has 0 amide bonds. The largest absolute Gasteiger partial charge is 0.393 e. The fourth-order valence-electron chi connectivity index (χ4n) is 3.46. The third kappa shape index (κ3) is 1.07. The van der Waals surface area contributed by atoms with Crippen LogP contribution in [0.4, 0.5) is 0 Å². The average molecular weight is 181 g/mol. The van der Waals surface area contributed by atoms with E-state index in [9.17, 15) is 9.90 Å². The summed E-state index contributed by atoms with van der Waals surface area (Å²) in [4.78, 5) is 13.7. The molecule has 5 atom stereocenters. The predicted octanol–water partition coefficient (Wildman–Crippen LogP) is 0.173. The maximum absolute atomic E-state index is 11.3. The minimum atomic E-state index is -0.107. The van der Waals surface area contributed by atoms with Crippen molar-refractivity contribution in [2.24, 2.45) is 5.92 Å². The van der Waals surface area contributed by atoms with Crippen LogP contribution in [0.1, 0.15) is 25.7 Å². The van der Waals surface area contributed by atoms with Gasteiger partial charge in [0.1, 0.15) is 5.78 Å². The van der Waals surface area contributed by atoms with E-state index in [0.29, 0.717) is 30.3 Å². The lowest BCUT2D eigenvalue weighted by Crippen LogP contribution is -2.50. The highest BCUT2D eigenvalue weighted by Crippen LogP contribution is 2.43. The number of nitrogens with zero attached hydrogens (tertiary/aromatic N) is 1. The lowest BCUT2D eigenvalue weighted by molar-refractivity contribution is -0.125. The Morgan fingerprint density at radius 3 is 3.00 bits per heavy atom. The Bertz CT molecular complexity index is 253. The Balaban J connectivity index is 1.89. The number of aliphatic hydroxyl groups is 1. The van der Waals surface area contributed by atoms with Gasteiger partial charge in [0.25, 0.3) is 0 Å². The average Bonchev–Trinajstić information content (AvgIpc) is 2.25. The molecular weight excluding hydrogens is 166 g/mol. The lowest BCUT2D eigenvalue weighted by Gasteiger charge is -2.39. The molecule has 3 heteroatoms. The van der Waals surface area contributed by atoms with E-state index in [2.05, 4.69) is 4.90 Å². The van der Waals surface area contributed by atoms with E-state index >= 15 is 0 Å². The molecule has 13 heavy (non-hydrogen) atoms. The molecule has 0 aromatic heterocycles. The lowest BCUT2D eigenvalue weighted by atomic mass is 9.88. The summed E-state index contributed by atoms with van der Waals surface area (Å²) in [6.07, 6.45) is 3.59. The van der Waals surface area contributed by atoms with Crippen LogP contribution in [0.5, 0.6) is 0 Å². The van der Waals surface area contributed by atoms with Crippen LogP contribution in [0.3, 0.4) is 0 Å². The molecule has 3 aliphatic rings. The summed E-state index contributed by atoms with van der Waals surface area (Å²) in [5.41, 5.74) is 0. The van der Waals surface area contributed by atoms with Crippen LogP contribution in [0.15, 0.2) is 0 Å². The second-order valence-corrected chi connectivity index (χ2v) is 4.76. The van der Waals surface area contributed by atoms with Crippen LogP contribution in [0.2, 0.25) is 0 Å². The van der Waals surface area contributed by atoms with Crippen molar-refractivity contribution in [1.29, 1.82) is 0 Å². The highest BCUT2D eigenvalue weighted by Gasteiger charge is 2.49. The van der Waals surface area contributed by atoms with Gasteiger partial charge in [-0.15, -0.1) is 0 Å². The molecule has 0 spiro atoms. The van der Waals surface area contributed by atoms with Crippen LogP contribution in [0.25, 0.3) is 0 Å². The van der Waals surface area contributed by atoms with Crippen molar-refractivity contribution in [2.45, 2.75) is 43.9 Å². The van der Waals surface area contributed by atoms with E-state index < -0.39 is 0 Å². The standard InChI is InChI=1S/C10H15NO2/c12-8-3-7-1-6-2-9(13)5-11(7)10(6)4-8/h6-8,10,12H,1-5H2. The Kier molecular flexibility index (Phi) is 1.56. The molecule has 3 saturated heterocycles. The molecule has 72 valence electrons. The Labute approximate surface area is 77.7 Å². The van der Waals surface area contributed by atoms with Crippen molar-refractivity contribution in [2.75, 3.05) is 6.54 Å². The van der Waals surface area contributed by atoms with Crippen molar-refractivity contribution < 1.29 is 9.90 Å². The second-order valence-electron chi connectivity index (χ2n) is 4.76. The maximum Gasteiger partial charge on any atom is 0.147 e. The zero-order valence-corrected chi connectivity index (χ0v) is 7.65. The number of carbonyl (C=O) groups is 1. The van der Waals surface area contributed by atoms with E-state index in [-0.39, 0.29) is 6.10 Å². The third-order valence-electron chi connectivity index (χ3n) is 3.92. The Hall–Kier alpha value is -0.410. The zero-order valence-electron chi connectivity index (χ0n) is 7.65. The van der Waals surface area contributed by atoms with Gasteiger partial charge in [0.15, 0.2) is 0 Å². The van der Waals surface area contributed by atoms with Crippen LogP contribution in [0, 0.1) is 5.92 Å². The van der Waals surface area contributed by atoms with Crippen molar-refractivity contribution in [3.05, 3.63) is 0 Å². The number of ketones is 1. The molecule has 0 aliphatic carbocycles. The first-order chi connectivity index (χ1) is 6.24. The monoisotopic (exact) mass is 181 g/mol. The maximum atomic E-state index is 11.3. The van der Waals surface area contributed by atoms with E-state index in [1.807, 2.05) is 0 Å². The fourth-order valence-corrected chi connectivity index (χ4v) is 3.46. The smallest absolute Gasteiger partial charge is 0.147 e. The van der Waals surface area contributed by atoms with E-state index in [1.54, 1.807) is 0 Å². The molecular formula is C10H15NO2. The summed E-state index contributed by atoms with van der Waals surface area (Å²) < 4.78 is 0. The first-order valence-corrected chi connectivity index (χ1v) is 5.19. The number of Topliss-reactive ketones (excluding diaryl/α,β-unsaturated/α-hetero) is 1. The topological polar surface area (TPSA) is 40.5 Å². The molecule has 3 aliphatic heterocycles. The summed E-state index contributed by atoms with van der Waals surface area (Å²) in [5.74, 6) is 0.962. The van der Waals surface area contributed by atoms with Crippen LogP contribution >= 0.6 is 0 Å². The van der Waals surface area contributed by atoms with Gasteiger partial charge < -0.3 is 5.11 Å². The molecule has 3 heterocycles. The van der Waals surface area contributed by atoms with Crippen LogP contribution in [-0.2, 0) is 4.79 Å². The number of carbonyl (C=O) groups excluding carboxylic acids is 1. The van der Waals surface area contributed by atoms with Gasteiger partial charge in [0.2, 0.25) is 0 Å². The summed E-state index contributed by atoms with van der Waals surface area (Å²) >= 11 is 0.